The van der Waals surface area contributed by atoms with Crippen molar-refractivity contribution in [1.82, 2.24) is 19.9 Å². The van der Waals surface area contributed by atoms with Crippen molar-refractivity contribution in [3.05, 3.63) is 54.7 Å². The van der Waals surface area contributed by atoms with E-state index in [9.17, 15) is 4.79 Å². The van der Waals surface area contributed by atoms with Gasteiger partial charge in [-0.3, -0.25) is 4.79 Å². The van der Waals surface area contributed by atoms with Crippen LogP contribution in [-0.4, -0.2) is 52.1 Å². The number of ether oxygens (including phenoxy) is 1. The Morgan fingerprint density at radius 3 is 2.72 bits per heavy atom. The second-order valence-corrected chi connectivity index (χ2v) is 6.25. The maximum atomic E-state index is 11.8. The molecule has 29 heavy (non-hydrogen) atoms. The number of rotatable bonds is 9. The zero-order valence-corrected chi connectivity index (χ0v) is 15.9. The number of benzene rings is 1. The molecule has 1 amide bonds. The Hall–Kier alpha value is -3.63. The summed E-state index contributed by atoms with van der Waals surface area (Å²) in [6.07, 6.45) is 6.28. The van der Waals surface area contributed by atoms with E-state index >= 15 is 0 Å². The highest BCUT2D eigenvalue weighted by Crippen LogP contribution is 2.24. The van der Waals surface area contributed by atoms with Gasteiger partial charge >= 0.3 is 0 Å². The molecule has 3 aromatic rings. The average molecular weight is 394 g/mol. The number of nitrogens with two attached hydrogens (primary N) is 2. The fourth-order valence-electron chi connectivity index (χ4n) is 2.60. The average Bonchev–Trinajstić information content (AvgIpc) is 2.73. The number of nitrogens with one attached hydrogen (secondary N) is 2. The Kier molecular flexibility index (Phi) is 6.61. The summed E-state index contributed by atoms with van der Waals surface area (Å²) in [4.78, 5) is 28.3. The summed E-state index contributed by atoms with van der Waals surface area (Å²) in [7, 11) is 1.58. The smallest absolute Gasteiger partial charge is 0.254 e. The van der Waals surface area contributed by atoms with E-state index in [2.05, 4.69) is 30.6 Å². The van der Waals surface area contributed by atoms with E-state index in [1.807, 2.05) is 24.3 Å². The molecule has 2 aromatic heterocycles. The lowest BCUT2D eigenvalue weighted by molar-refractivity contribution is 0.100. The van der Waals surface area contributed by atoms with E-state index in [0.717, 1.165) is 16.8 Å². The fraction of sp³-hybridized carbons (Fsp3) is 0.211. The van der Waals surface area contributed by atoms with Crippen molar-refractivity contribution in [2.24, 2.45) is 11.5 Å². The first-order valence-electron chi connectivity index (χ1n) is 8.84. The van der Waals surface area contributed by atoms with Crippen molar-refractivity contribution >= 4 is 23.4 Å². The SMILES string of the molecule is COCC(N)CNc1ncc(C(N)=O)c(Nc2cccc(-c3cncnc3)c2)n1. The molecule has 10 heteroatoms. The minimum Gasteiger partial charge on any atom is -0.383 e. The Balaban J connectivity index is 1.83. The molecule has 10 nitrogen and oxygen atoms in total. The molecule has 0 saturated carbocycles. The van der Waals surface area contributed by atoms with Crippen LogP contribution >= 0.6 is 0 Å². The van der Waals surface area contributed by atoms with Crippen LogP contribution < -0.4 is 22.1 Å². The molecule has 0 aliphatic carbocycles. The molecule has 0 radical (unpaired) electrons. The van der Waals surface area contributed by atoms with Crippen LogP contribution in [0.5, 0.6) is 0 Å². The largest absolute Gasteiger partial charge is 0.383 e. The van der Waals surface area contributed by atoms with E-state index in [0.29, 0.717) is 19.1 Å². The van der Waals surface area contributed by atoms with E-state index in [4.69, 9.17) is 16.2 Å². The normalized spacial score (nSPS) is 11.7. The molecule has 0 fully saturated rings. The van der Waals surface area contributed by atoms with Gasteiger partial charge in [-0.2, -0.15) is 4.98 Å². The van der Waals surface area contributed by atoms with Crippen LogP contribution in [0.3, 0.4) is 0 Å². The van der Waals surface area contributed by atoms with Crippen molar-refractivity contribution < 1.29 is 9.53 Å². The maximum absolute atomic E-state index is 11.8. The molecule has 1 atom stereocenters. The number of methoxy groups -OCH3 is 1. The van der Waals surface area contributed by atoms with Gasteiger partial charge in [0.05, 0.1) is 6.61 Å². The summed E-state index contributed by atoms with van der Waals surface area (Å²) in [5.74, 6) is -0.0313. The number of amides is 1. The molecule has 0 aliphatic heterocycles. The third-order valence-electron chi connectivity index (χ3n) is 3.98. The van der Waals surface area contributed by atoms with E-state index in [-0.39, 0.29) is 17.4 Å². The highest BCUT2D eigenvalue weighted by molar-refractivity contribution is 5.98. The van der Waals surface area contributed by atoms with Gasteiger partial charge in [0.1, 0.15) is 17.7 Å². The fourth-order valence-corrected chi connectivity index (χ4v) is 2.60. The lowest BCUT2D eigenvalue weighted by Gasteiger charge is -2.14. The van der Waals surface area contributed by atoms with Crippen molar-refractivity contribution in [2.45, 2.75) is 6.04 Å². The van der Waals surface area contributed by atoms with Crippen molar-refractivity contribution in [3.8, 4) is 11.1 Å². The van der Waals surface area contributed by atoms with Crippen LogP contribution in [0, 0.1) is 0 Å². The van der Waals surface area contributed by atoms with E-state index < -0.39 is 5.91 Å². The topological polar surface area (TPSA) is 154 Å². The second-order valence-electron chi connectivity index (χ2n) is 6.25. The summed E-state index contributed by atoms with van der Waals surface area (Å²) in [6.45, 7) is 0.806. The highest BCUT2D eigenvalue weighted by Gasteiger charge is 2.13. The van der Waals surface area contributed by atoms with Gasteiger partial charge in [-0.15, -0.1) is 0 Å². The number of anilines is 3. The van der Waals surface area contributed by atoms with Gasteiger partial charge in [-0.05, 0) is 17.7 Å². The highest BCUT2D eigenvalue weighted by atomic mass is 16.5. The molecule has 0 saturated heterocycles. The Morgan fingerprint density at radius 1 is 1.21 bits per heavy atom. The minimum absolute atomic E-state index is 0.171. The molecule has 2 heterocycles. The molecular formula is C19H22N8O2. The zero-order chi connectivity index (χ0) is 20.6. The first kappa shape index (κ1) is 20.1. The predicted octanol–water partition coefficient (Wildman–Crippen LogP) is 1.16. The van der Waals surface area contributed by atoms with Crippen LogP contribution in [-0.2, 0) is 4.74 Å². The summed E-state index contributed by atoms with van der Waals surface area (Å²) < 4.78 is 5.00. The third-order valence-corrected chi connectivity index (χ3v) is 3.98. The zero-order valence-electron chi connectivity index (χ0n) is 15.9. The lowest BCUT2D eigenvalue weighted by Crippen LogP contribution is -2.33. The standard InChI is InChI=1S/C19H22N8O2/c1-29-10-14(20)8-24-19-25-9-16(17(21)28)18(27-19)26-15-4-2-3-12(5-15)13-6-22-11-23-7-13/h2-7,9,11,14H,8,10,20H2,1H3,(H2,21,28)(H2,24,25,26,27). The maximum Gasteiger partial charge on any atom is 0.254 e. The molecule has 0 spiro atoms. The van der Waals surface area contributed by atoms with Crippen molar-refractivity contribution in [3.63, 3.8) is 0 Å². The molecule has 3 rings (SSSR count). The molecule has 150 valence electrons. The quantitative estimate of drug-likeness (QED) is 0.418. The first-order chi connectivity index (χ1) is 14.1. The number of primary amides is 1. The van der Waals surface area contributed by atoms with Crippen LogP contribution in [0.15, 0.2) is 49.2 Å². The summed E-state index contributed by atoms with van der Waals surface area (Å²) >= 11 is 0. The number of nitrogens with zero attached hydrogens (tertiary/aromatic N) is 4. The Bertz CT molecular complexity index is 967. The van der Waals surface area contributed by atoms with Gasteiger partial charge in [0, 0.05) is 49.5 Å². The lowest BCUT2D eigenvalue weighted by atomic mass is 10.1. The van der Waals surface area contributed by atoms with Crippen molar-refractivity contribution in [1.29, 1.82) is 0 Å². The van der Waals surface area contributed by atoms with Gasteiger partial charge in [0.2, 0.25) is 5.95 Å². The number of carbonyl (C=O) groups is 1. The Morgan fingerprint density at radius 2 is 2.00 bits per heavy atom. The van der Waals surface area contributed by atoms with Gasteiger partial charge in [-0.1, -0.05) is 12.1 Å². The monoisotopic (exact) mass is 394 g/mol. The summed E-state index contributed by atoms with van der Waals surface area (Å²) in [6, 6.07) is 7.33. The van der Waals surface area contributed by atoms with E-state index in [1.165, 1.54) is 12.5 Å². The van der Waals surface area contributed by atoms with Gasteiger partial charge in [-0.25, -0.2) is 15.0 Å². The Labute approximate surface area is 167 Å². The second kappa shape index (κ2) is 9.53. The van der Waals surface area contributed by atoms with Gasteiger partial charge < -0.3 is 26.8 Å². The minimum atomic E-state index is -0.636. The number of hydrogen-bond donors (Lipinski definition) is 4. The molecular weight excluding hydrogens is 372 g/mol. The van der Waals surface area contributed by atoms with Crippen LogP contribution in [0.1, 0.15) is 10.4 Å². The predicted molar refractivity (Wildman–Crippen MR) is 110 cm³/mol. The number of hydrogen-bond acceptors (Lipinski definition) is 9. The molecule has 0 aliphatic rings. The molecule has 1 unspecified atom stereocenters. The molecule has 6 N–H and O–H groups in total. The van der Waals surface area contributed by atoms with E-state index in [1.54, 1.807) is 19.5 Å². The van der Waals surface area contributed by atoms with Gasteiger partial charge in [0.15, 0.2) is 0 Å². The summed E-state index contributed by atoms with van der Waals surface area (Å²) in [5.41, 5.74) is 14.0. The third kappa shape index (κ3) is 5.43. The molecule has 0 bridgehead atoms. The molecule has 1 aromatic carbocycles. The summed E-state index contributed by atoms with van der Waals surface area (Å²) in [5, 5.41) is 6.15. The van der Waals surface area contributed by atoms with Crippen LogP contribution in [0.4, 0.5) is 17.5 Å². The van der Waals surface area contributed by atoms with Gasteiger partial charge in [0.25, 0.3) is 5.91 Å². The van der Waals surface area contributed by atoms with Crippen molar-refractivity contribution in [2.75, 3.05) is 30.9 Å². The number of aromatic nitrogens is 4. The van der Waals surface area contributed by atoms with Crippen LogP contribution in [0.2, 0.25) is 0 Å². The van der Waals surface area contributed by atoms with Crippen LogP contribution in [0.25, 0.3) is 11.1 Å². The number of carbonyl (C=O) groups excluding carboxylic acids is 1. The first-order valence-corrected chi connectivity index (χ1v) is 8.84.